The van der Waals surface area contributed by atoms with Gasteiger partial charge in [0.2, 0.25) is 0 Å². The summed E-state index contributed by atoms with van der Waals surface area (Å²) < 4.78 is 14.4. The number of quaternary nitrogens is 2. The number of unbranched alkanes of at least 4 members (excludes halogenated alkanes) is 14. The van der Waals surface area contributed by atoms with E-state index >= 15 is 0 Å². The molecule has 0 heterocycles. The Bertz CT molecular complexity index is 914. The van der Waals surface area contributed by atoms with E-state index in [4.69, 9.17) is 9.47 Å². The molecule has 2 aromatic carbocycles. The predicted octanol–water partition coefficient (Wildman–Crippen LogP) is 5.33. The second-order valence-electron chi connectivity index (χ2n) is 15.2. The van der Waals surface area contributed by atoms with Crippen LogP contribution in [0.25, 0.3) is 11.1 Å². The Kier molecular flexibility index (Phi) is 28.0. The lowest BCUT2D eigenvalue weighted by atomic mass is 10.1. The Morgan fingerprint density at radius 3 is 0.958 bits per heavy atom. The SMILES string of the molecule is CCCCCCCCCC[N+](C)(C)CCCOc1ccc(-c2ccc(OCCC[N+](C)(C)CCCCCCCCCC)cc2)cc1.[Br-].[Br-]. The number of benzene rings is 2. The van der Waals surface area contributed by atoms with Gasteiger partial charge in [0.15, 0.2) is 0 Å². The maximum Gasteiger partial charge on any atom is 0.119 e. The molecule has 0 unspecified atom stereocenters. The first kappa shape index (κ1) is 46.9. The highest BCUT2D eigenvalue weighted by molar-refractivity contribution is 5.64. The van der Waals surface area contributed by atoms with Gasteiger partial charge in [0.1, 0.15) is 11.5 Å². The number of ether oxygens (including phenoxy) is 2. The number of hydrogen-bond acceptors (Lipinski definition) is 2. The molecule has 6 heteroatoms. The monoisotopic (exact) mass is 796 g/mol. The smallest absolute Gasteiger partial charge is 0.119 e. The van der Waals surface area contributed by atoms with Gasteiger partial charge in [0, 0.05) is 12.8 Å². The molecule has 0 fully saturated rings. The Morgan fingerprint density at radius 2 is 0.646 bits per heavy atom. The van der Waals surface area contributed by atoms with Crippen LogP contribution in [0, 0.1) is 0 Å². The van der Waals surface area contributed by atoms with Gasteiger partial charge in [-0.25, -0.2) is 0 Å². The molecule has 0 aliphatic heterocycles. The average Bonchev–Trinajstić information content (AvgIpc) is 3.04. The third-order valence-corrected chi connectivity index (χ3v) is 9.63. The fraction of sp³-hybridized carbons (Fsp3) is 0.714. The predicted molar refractivity (Wildman–Crippen MR) is 201 cm³/mol. The largest absolute Gasteiger partial charge is 1.00 e. The zero-order valence-electron chi connectivity index (χ0n) is 32.1. The minimum atomic E-state index is 0. The maximum atomic E-state index is 6.10. The molecule has 0 radical (unpaired) electrons. The third-order valence-electron chi connectivity index (χ3n) is 9.63. The summed E-state index contributed by atoms with van der Waals surface area (Å²) in [6.07, 6.45) is 24.4. The van der Waals surface area contributed by atoms with E-state index in [1.807, 2.05) is 0 Å². The van der Waals surface area contributed by atoms with E-state index in [0.717, 1.165) is 46.5 Å². The number of nitrogens with zero attached hydrogens (tertiary/aromatic N) is 2. The molecule has 2 rings (SSSR count). The van der Waals surface area contributed by atoms with Crippen molar-refractivity contribution >= 4 is 0 Å². The van der Waals surface area contributed by atoms with Crippen LogP contribution in [-0.2, 0) is 0 Å². The van der Waals surface area contributed by atoms with Gasteiger partial charge in [-0.1, -0.05) is 115 Å². The summed E-state index contributed by atoms with van der Waals surface area (Å²) in [5.41, 5.74) is 2.42. The van der Waals surface area contributed by atoms with Crippen LogP contribution >= 0.6 is 0 Å². The third kappa shape index (κ3) is 23.3. The van der Waals surface area contributed by atoms with Crippen LogP contribution < -0.4 is 43.4 Å². The second kappa shape index (κ2) is 28.6. The van der Waals surface area contributed by atoms with E-state index in [2.05, 4.69) is 90.6 Å². The lowest BCUT2D eigenvalue weighted by molar-refractivity contribution is -0.890. The van der Waals surface area contributed by atoms with Gasteiger partial charge < -0.3 is 52.4 Å². The molecule has 0 N–H and O–H groups in total. The van der Waals surface area contributed by atoms with Crippen LogP contribution in [0.3, 0.4) is 0 Å². The summed E-state index contributed by atoms with van der Waals surface area (Å²) in [6.45, 7) is 11.0. The zero-order valence-corrected chi connectivity index (χ0v) is 35.2. The molecule has 4 nitrogen and oxygen atoms in total. The highest BCUT2D eigenvalue weighted by atomic mass is 79.9. The van der Waals surface area contributed by atoms with Gasteiger partial charge in [-0.2, -0.15) is 0 Å². The Hall–Kier alpha value is -1.08. The Balaban J connectivity index is 0.0000110. The van der Waals surface area contributed by atoms with Crippen molar-refractivity contribution < 1.29 is 52.4 Å². The molecule has 0 amide bonds. The molecule has 0 spiro atoms. The molecule has 278 valence electrons. The summed E-state index contributed by atoms with van der Waals surface area (Å²) in [4.78, 5) is 0. The highest BCUT2D eigenvalue weighted by Gasteiger charge is 2.15. The average molecular weight is 799 g/mol. The Labute approximate surface area is 319 Å². The van der Waals surface area contributed by atoms with Crippen molar-refractivity contribution in [3.63, 3.8) is 0 Å². The van der Waals surface area contributed by atoms with Crippen molar-refractivity contribution in [2.45, 2.75) is 129 Å². The second-order valence-corrected chi connectivity index (χ2v) is 15.2. The first-order chi connectivity index (χ1) is 22.2. The van der Waals surface area contributed by atoms with E-state index in [-0.39, 0.29) is 34.0 Å². The molecular weight excluding hydrogens is 724 g/mol. The summed E-state index contributed by atoms with van der Waals surface area (Å²) in [5, 5.41) is 0. The van der Waals surface area contributed by atoms with Crippen molar-refractivity contribution in [1.82, 2.24) is 0 Å². The van der Waals surface area contributed by atoms with E-state index in [9.17, 15) is 0 Å². The molecular formula is C42H74Br2N2O2. The lowest BCUT2D eigenvalue weighted by Crippen LogP contribution is -3.00. The number of halogens is 2. The fourth-order valence-corrected chi connectivity index (χ4v) is 6.42. The summed E-state index contributed by atoms with van der Waals surface area (Å²) in [7, 11) is 9.47. The standard InChI is InChI=1S/C42H74N2O2.2BrH/c1-7-9-11-13-15-17-19-21-33-43(3,4)35-23-37-45-41-29-25-39(26-30-41)40-27-31-42(32-28-40)46-38-24-36-44(5,6)34-22-20-18-16-14-12-10-8-2;;/h25-32H,7-24,33-38H2,1-6H3;2*1H/q+2;;/p-2. The van der Waals surface area contributed by atoms with Crippen molar-refractivity contribution in [2.75, 3.05) is 67.6 Å². The van der Waals surface area contributed by atoms with Crippen LogP contribution in [0.15, 0.2) is 48.5 Å². The minimum absolute atomic E-state index is 0. The number of hydrogen-bond donors (Lipinski definition) is 0. The van der Waals surface area contributed by atoms with Gasteiger partial charge in [0.05, 0.1) is 67.6 Å². The van der Waals surface area contributed by atoms with Crippen LogP contribution in [0.2, 0.25) is 0 Å². The van der Waals surface area contributed by atoms with E-state index in [1.54, 1.807) is 0 Å². The van der Waals surface area contributed by atoms with Crippen LogP contribution in [-0.4, -0.2) is 76.5 Å². The summed E-state index contributed by atoms with van der Waals surface area (Å²) >= 11 is 0. The van der Waals surface area contributed by atoms with Gasteiger partial charge in [-0.3, -0.25) is 0 Å². The fourth-order valence-electron chi connectivity index (χ4n) is 6.42. The van der Waals surface area contributed by atoms with Gasteiger partial charge in [-0.15, -0.1) is 0 Å². The van der Waals surface area contributed by atoms with Gasteiger partial charge >= 0.3 is 0 Å². The summed E-state index contributed by atoms with van der Waals surface area (Å²) in [5.74, 6) is 1.92. The van der Waals surface area contributed by atoms with Crippen molar-refractivity contribution in [3.8, 4) is 22.6 Å². The highest BCUT2D eigenvalue weighted by Crippen LogP contribution is 2.25. The van der Waals surface area contributed by atoms with Crippen molar-refractivity contribution in [1.29, 1.82) is 0 Å². The number of rotatable bonds is 29. The molecule has 0 atom stereocenters. The Morgan fingerprint density at radius 1 is 0.375 bits per heavy atom. The van der Waals surface area contributed by atoms with E-state index in [0.29, 0.717) is 0 Å². The molecule has 0 saturated heterocycles. The van der Waals surface area contributed by atoms with Crippen molar-refractivity contribution in [3.05, 3.63) is 48.5 Å². The first-order valence-corrected chi connectivity index (χ1v) is 19.3. The lowest BCUT2D eigenvalue weighted by Gasteiger charge is -2.30. The van der Waals surface area contributed by atoms with Crippen LogP contribution in [0.5, 0.6) is 11.5 Å². The van der Waals surface area contributed by atoms with Crippen LogP contribution in [0.1, 0.15) is 129 Å². The molecule has 0 saturated carbocycles. The van der Waals surface area contributed by atoms with E-state index < -0.39 is 0 Å². The minimum Gasteiger partial charge on any atom is -1.00 e. The normalized spacial score (nSPS) is 11.5. The van der Waals surface area contributed by atoms with Gasteiger partial charge in [0.25, 0.3) is 0 Å². The molecule has 0 bridgehead atoms. The topological polar surface area (TPSA) is 18.5 Å². The molecule has 0 aliphatic rings. The maximum absolute atomic E-state index is 6.10. The van der Waals surface area contributed by atoms with Crippen molar-refractivity contribution in [2.24, 2.45) is 0 Å². The molecule has 48 heavy (non-hydrogen) atoms. The first-order valence-electron chi connectivity index (χ1n) is 19.3. The van der Waals surface area contributed by atoms with Gasteiger partial charge in [-0.05, 0) is 61.1 Å². The molecule has 0 aliphatic carbocycles. The molecule has 2 aromatic rings. The zero-order chi connectivity index (χ0) is 33.4. The van der Waals surface area contributed by atoms with E-state index in [1.165, 1.54) is 140 Å². The summed E-state index contributed by atoms with van der Waals surface area (Å²) in [6, 6.07) is 17.1. The quantitative estimate of drug-likeness (QED) is 0.0820. The molecule has 0 aromatic heterocycles. The van der Waals surface area contributed by atoms with Crippen LogP contribution in [0.4, 0.5) is 0 Å².